The normalized spacial score (nSPS) is 19.8. The van der Waals surface area contributed by atoms with E-state index < -0.39 is 11.7 Å². The quantitative estimate of drug-likeness (QED) is 0.636. The highest BCUT2D eigenvalue weighted by Gasteiger charge is 2.39. The Balaban J connectivity index is 2.47. The summed E-state index contributed by atoms with van der Waals surface area (Å²) in [5, 5.41) is 0. The molecule has 0 saturated heterocycles. The second-order valence-electron chi connectivity index (χ2n) is 3.32. The van der Waals surface area contributed by atoms with E-state index in [2.05, 4.69) is 0 Å². The molecule has 0 aromatic heterocycles. The highest BCUT2D eigenvalue weighted by Crippen LogP contribution is 2.42. The summed E-state index contributed by atoms with van der Waals surface area (Å²) < 4.78 is 37.2. The largest absolute Gasteiger partial charge is 0.416 e. The summed E-state index contributed by atoms with van der Waals surface area (Å²) in [6.45, 7) is 0. The lowest BCUT2D eigenvalue weighted by atomic mass is 9.76. The summed E-state index contributed by atoms with van der Waals surface area (Å²) in [4.78, 5) is 10.4. The van der Waals surface area contributed by atoms with Gasteiger partial charge >= 0.3 is 6.18 Å². The third-order valence-corrected chi connectivity index (χ3v) is 2.51. The van der Waals surface area contributed by atoms with Gasteiger partial charge in [0.15, 0.2) is 0 Å². The number of carbonyl (C=O) groups is 1. The van der Waals surface area contributed by atoms with Crippen LogP contribution in [0.2, 0.25) is 0 Å². The molecule has 4 heteroatoms. The number of fused-ring (bicyclic) bond motifs is 1. The van der Waals surface area contributed by atoms with Crippen LogP contribution in [0.25, 0.3) is 0 Å². The van der Waals surface area contributed by atoms with Crippen molar-refractivity contribution in [1.29, 1.82) is 0 Å². The second kappa shape index (κ2) is 2.83. The van der Waals surface area contributed by atoms with Crippen LogP contribution in [0.3, 0.4) is 0 Å². The van der Waals surface area contributed by atoms with Crippen LogP contribution in [-0.2, 0) is 17.4 Å². The third-order valence-electron chi connectivity index (χ3n) is 2.51. The van der Waals surface area contributed by atoms with Crippen molar-refractivity contribution >= 4 is 6.29 Å². The molecule has 1 aliphatic rings. The Hall–Kier alpha value is -1.32. The number of aldehydes is 1. The van der Waals surface area contributed by atoms with E-state index in [0.29, 0.717) is 11.8 Å². The second-order valence-corrected chi connectivity index (χ2v) is 3.32. The average Bonchev–Trinajstić information content (AvgIpc) is 2.05. The van der Waals surface area contributed by atoms with Crippen LogP contribution in [0.1, 0.15) is 22.6 Å². The topological polar surface area (TPSA) is 17.1 Å². The molecule has 14 heavy (non-hydrogen) atoms. The number of alkyl halides is 3. The lowest BCUT2D eigenvalue weighted by Crippen LogP contribution is -2.23. The van der Waals surface area contributed by atoms with Crippen molar-refractivity contribution in [3.8, 4) is 0 Å². The van der Waals surface area contributed by atoms with Gasteiger partial charge in [-0.25, -0.2) is 0 Å². The molecule has 0 aliphatic heterocycles. The van der Waals surface area contributed by atoms with E-state index in [0.717, 1.165) is 6.07 Å². The monoisotopic (exact) mass is 200 g/mol. The van der Waals surface area contributed by atoms with E-state index in [9.17, 15) is 18.0 Å². The van der Waals surface area contributed by atoms with Crippen molar-refractivity contribution in [1.82, 2.24) is 0 Å². The first-order valence-electron chi connectivity index (χ1n) is 4.18. The predicted molar refractivity (Wildman–Crippen MR) is 44.0 cm³/mol. The number of hydrogen-bond donors (Lipinski definition) is 0. The van der Waals surface area contributed by atoms with Crippen molar-refractivity contribution in [2.24, 2.45) is 0 Å². The summed E-state index contributed by atoms with van der Waals surface area (Å²) in [6.07, 6.45) is -3.39. The average molecular weight is 200 g/mol. The van der Waals surface area contributed by atoms with Crippen LogP contribution in [-0.4, -0.2) is 6.29 Å². The summed E-state index contributed by atoms with van der Waals surface area (Å²) >= 11 is 0. The zero-order chi connectivity index (χ0) is 10.3. The zero-order valence-corrected chi connectivity index (χ0v) is 7.14. The van der Waals surface area contributed by atoms with Gasteiger partial charge in [-0.1, -0.05) is 12.1 Å². The fourth-order valence-corrected chi connectivity index (χ4v) is 1.77. The molecular weight excluding hydrogens is 193 g/mol. The SMILES string of the molecule is O=CC1Cc2c1cccc2C(F)(F)F. The Morgan fingerprint density at radius 2 is 2.07 bits per heavy atom. The predicted octanol–water partition coefficient (Wildman–Crippen LogP) is 2.54. The number of hydrogen-bond acceptors (Lipinski definition) is 1. The van der Waals surface area contributed by atoms with Gasteiger partial charge in [-0.05, 0) is 23.6 Å². The molecule has 0 bridgehead atoms. The Morgan fingerprint density at radius 1 is 1.36 bits per heavy atom. The summed E-state index contributed by atoms with van der Waals surface area (Å²) in [5.74, 6) is -0.340. The molecule has 1 nitrogen and oxygen atoms in total. The first kappa shape index (κ1) is 9.24. The molecule has 0 spiro atoms. The molecule has 0 radical (unpaired) electrons. The lowest BCUT2D eigenvalue weighted by molar-refractivity contribution is -0.138. The van der Waals surface area contributed by atoms with Crippen molar-refractivity contribution < 1.29 is 18.0 Å². The minimum absolute atomic E-state index is 0.217. The summed E-state index contributed by atoms with van der Waals surface area (Å²) in [7, 11) is 0. The lowest BCUT2D eigenvalue weighted by Gasteiger charge is -2.28. The Labute approximate surface area is 78.5 Å². The maximum atomic E-state index is 12.4. The van der Waals surface area contributed by atoms with E-state index in [1.165, 1.54) is 6.07 Å². The van der Waals surface area contributed by atoms with Crippen LogP contribution in [0.4, 0.5) is 13.2 Å². The number of halogens is 3. The molecule has 0 heterocycles. The van der Waals surface area contributed by atoms with E-state index in [-0.39, 0.29) is 17.9 Å². The van der Waals surface area contributed by atoms with Crippen molar-refractivity contribution in [3.05, 3.63) is 34.9 Å². The molecule has 0 fully saturated rings. The Morgan fingerprint density at radius 3 is 2.64 bits per heavy atom. The van der Waals surface area contributed by atoms with Crippen LogP contribution in [0, 0.1) is 0 Å². The smallest absolute Gasteiger partial charge is 0.303 e. The summed E-state index contributed by atoms with van der Waals surface area (Å²) in [5.41, 5.74) is 0.194. The van der Waals surface area contributed by atoms with Gasteiger partial charge in [0, 0.05) is 5.92 Å². The molecule has 1 aromatic rings. The standard InChI is InChI=1S/C10H7F3O/c11-10(12,13)9-3-1-2-7-6(5-14)4-8(7)9/h1-3,5-6H,4H2. The highest BCUT2D eigenvalue weighted by molar-refractivity contribution is 5.69. The van der Waals surface area contributed by atoms with Gasteiger partial charge in [-0.15, -0.1) is 0 Å². The molecular formula is C10H7F3O. The van der Waals surface area contributed by atoms with Crippen molar-refractivity contribution in [2.45, 2.75) is 18.5 Å². The molecule has 2 rings (SSSR count). The summed E-state index contributed by atoms with van der Waals surface area (Å²) in [6, 6.07) is 3.98. The van der Waals surface area contributed by atoms with E-state index in [1.807, 2.05) is 0 Å². The van der Waals surface area contributed by atoms with Gasteiger partial charge < -0.3 is 4.79 Å². The van der Waals surface area contributed by atoms with Crippen LogP contribution in [0.15, 0.2) is 18.2 Å². The first-order chi connectivity index (χ1) is 6.54. The van der Waals surface area contributed by atoms with Gasteiger partial charge in [-0.2, -0.15) is 13.2 Å². The molecule has 1 atom stereocenters. The fraction of sp³-hybridized carbons (Fsp3) is 0.300. The van der Waals surface area contributed by atoms with Gasteiger partial charge in [0.05, 0.1) is 5.56 Å². The Kier molecular flexibility index (Phi) is 1.87. The number of benzene rings is 1. The van der Waals surface area contributed by atoms with Crippen molar-refractivity contribution in [3.63, 3.8) is 0 Å². The van der Waals surface area contributed by atoms with Crippen molar-refractivity contribution in [2.75, 3.05) is 0 Å². The maximum Gasteiger partial charge on any atom is 0.416 e. The molecule has 0 amide bonds. The van der Waals surface area contributed by atoms with Crippen LogP contribution in [0.5, 0.6) is 0 Å². The minimum atomic E-state index is -4.31. The van der Waals surface area contributed by atoms with E-state index in [4.69, 9.17) is 0 Å². The van der Waals surface area contributed by atoms with Crippen LogP contribution < -0.4 is 0 Å². The van der Waals surface area contributed by atoms with E-state index >= 15 is 0 Å². The molecule has 1 aliphatic carbocycles. The first-order valence-corrected chi connectivity index (χ1v) is 4.18. The van der Waals surface area contributed by atoms with Gasteiger partial charge in [-0.3, -0.25) is 0 Å². The van der Waals surface area contributed by atoms with Gasteiger partial charge in [0.1, 0.15) is 6.29 Å². The van der Waals surface area contributed by atoms with Crippen LogP contribution >= 0.6 is 0 Å². The highest BCUT2D eigenvalue weighted by atomic mass is 19.4. The minimum Gasteiger partial charge on any atom is -0.303 e. The maximum absolute atomic E-state index is 12.4. The van der Waals surface area contributed by atoms with Gasteiger partial charge in [0.2, 0.25) is 0 Å². The molecule has 1 aromatic carbocycles. The molecule has 1 unspecified atom stereocenters. The van der Waals surface area contributed by atoms with Gasteiger partial charge in [0.25, 0.3) is 0 Å². The third kappa shape index (κ3) is 1.22. The molecule has 0 saturated carbocycles. The molecule has 74 valence electrons. The number of carbonyl (C=O) groups excluding carboxylic acids is 1. The number of rotatable bonds is 1. The molecule has 0 N–H and O–H groups in total. The Bertz CT molecular complexity index is 381. The van der Waals surface area contributed by atoms with E-state index in [1.54, 1.807) is 6.07 Å². The fourth-order valence-electron chi connectivity index (χ4n) is 1.77. The zero-order valence-electron chi connectivity index (χ0n) is 7.14.